The first-order chi connectivity index (χ1) is 22.1. The molecule has 2 saturated heterocycles. The minimum atomic E-state index is -1.48. The lowest BCUT2D eigenvalue weighted by Crippen LogP contribution is -2.51. The number of hydrogen-bond acceptors (Lipinski definition) is 10. The molecule has 1 amide bonds. The molecule has 0 radical (unpaired) electrons. The van der Waals surface area contributed by atoms with Gasteiger partial charge in [-0.3, -0.25) is 9.69 Å². The standard InChI is InChI=1S/C36H58N2O9/c1-7-28(40)25(4)33-29(45-33)22-35(5,43)15-8-9-23(2)32-24(3)10-13-30(36(6,44)16-14-27(39)21-31(41)47-32)46-34(42)38-19-17-37(18-20-38)26-11-12-26/h8-10,13,15,24-30,32-33,39-40,43-44H,7,11-12,14,16-22H2,1-6H3/b13-10+,15-8+,23-9?. The van der Waals surface area contributed by atoms with E-state index >= 15 is 0 Å². The van der Waals surface area contributed by atoms with Gasteiger partial charge in [0.15, 0.2) is 6.10 Å². The molecule has 11 nitrogen and oxygen atoms in total. The Balaban J connectivity index is 1.44. The molecule has 0 aromatic carbocycles. The van der Waals surface area contributed by atoms with Crippen LogP contribution in [0.1, 0.15) is 86.5 Å². The second-order valence-corrected chi connectivity index (χ2v) is 14.8. The Morgan fingerprint density at radius 1 is 1.21 bits per heavy atom. The van der Waals surface area contributed by atoms with Crippen molar-refractivity contribution in [2.45, 2.75) is 140 Å². The van der Waals surface area contributed by atoms with Crippen LogP contribution in [0.2, 0.25) is 0 Å². The topological polar surface area (TPSA) is 153 Å². The fraction of sp³-hybridized carbons (Fsp3) is 0.778. The summed E-state index contributed by atoms with van der Waals surface area (Å²) in [7, 11) is 0. The number of aliphatic hydroxyl groups excluding tert-OH is 2. The van der Waals surface area contributed by atoms with Crippen LogP contribution in [-0.4, -0.2) is 122 Å². The van der Waals surface area contributed by atoms with Gasteiger partial charge in [-0.1, -0.05) is 45.1 Å². The fourth-order valence-corrected chi connectivity index (χ4v) is 6.69. The van der Waals surface area contributed by atoms with Gasteiger partial charge in [-0.2, -0.15) is 0 Å². The highest BCUT2D eigenvalue weighted by Gasteiger charge is 2.47. The molecule has 0 bridgehead atoms. The van der Waals surface area contributed by atoms with Crippen molar-refractivity contribution in [3.05, 3.63) is 36.0 Å². The van der Waals surface area contributed by atoms with Crippen molar-refractivity contribution < 1.29 is 44.2 Å². The zero-order valence-corrected chi connectivity index (χ0v) is 29.1. The molecule has 10 atom stereocenters. The highest BCUT2D eigenvalue weighted by molar-refractivity contribution is 5.70. The molecule has 4 rings (SSSR count). The highest BCUT2D eigenvalue weighted by Crippen LogP contribution is 2.37. The number of allylic oxidation sites excluding steroid dienone is 2. The zero-order valence-electron chi connectivity index (χ0n) is 29.1. The number of cyclic esters (lactones) is 1. The Kier molecular flexibility index (Phi) is 12.7. The smallest absolute Gasteiger partial charge is 0.410 e. The summed E-state index contributed by atoms with van der Waals surface area (Å²) < 4.78 is 17.5. The van der Waals surface area contributed by atoms with Crippen LogP contribution in [0.15, 0.2) is 36.0 Å². The molecule has 1 aliphatic carbocycles. The Hall–Kier alpha value is -2.28. The molecule has 0 spiro atoms. The average Bonchev–Trinajstić information content (AvgIpc) is 3.95. The van der Waals surface area contributed by atoms with Crippen molar-refractivity contribution in [1.82, 2.24) is 9.80 Å². The molecule has 4 aliphatic rings. The number of epoxide rings is 1. The fourth-order valence-electron chi connectivity index (χ4n) is 6.69. The van der Waals surface area contributed by atoms with Crippen LogP contribution in [0.25, 0.3) is 0 Å². The summed E-state index contributed by atoms with van der Waals surface area (Å²) in [6, 6.07) is 0.638. The van der Waals surface area contributed by atoms with E-state index in [1.54, 1.807) is 49.1 Å². The third-order valence-electron chi connectivity index (χ3n) is 10.2. The van der Waals surface area contributed by atoms with Gasteiger partial charge < -0.3 is 39.5 Å². The van der Waals surface area contributed by atoms with E-state index in [0.717, 1.165) is 13.1 Å². The van der Waals surface area contributed by atoms with Crippen LogP contribution in [0.3, 0.4) is 0 Å². The van der Waals surface area contributed by atoms with E-state index in [2.05, 4.69) is 4.90 Å². The van der Waals surface area contributed by atoms with Crippen LogP contribution in [-0.2, 0) is 19.0 Å². The van der Waals surface area contributed by atoms with Gasteiger partial charge in [0.2, 0.25) is 0 Å². The zero-order chi connectivity index (χ0) is 34.5. The quantitative estimate of drug-likeness (QED) is 0.118. The van der Waals surface area contributed by atoms with Crippen LogP contribution in [0.4, 0.5) is 4.79 Å². The van der Waals surface area contributed by atoms with Gasteiger partial charge >= 0.3 is 12.1 Å². The summed E-state index contributed by atoms with van der Waals surface area (Å²) >= 11 is 0. The number of nitrogens with zero attached hydrogens (tertiary/aromatic N) is 2. The Bertz CT molecular complexity index is 1160. The summed E-state index contributed by atoms with van der Waals surface area (Å²) in [6.45, 7) is 13.6. The Morgan fingerprint density at radius 2 is 1.89 bits per heavy atom. The SMILES string of the molecule is CCC(O)C(C)C1OC1CC(C)(O)/C=C/C=C(C)C1OC(=O)CC(O)CCC(C)(O)C(OC(=O)N2CCN(C3CC3)CC2)/C=C/C1C. The van der Waals surface area contributed by atoms with Crippen molar-refractivity contribution in [2.75, 3.05) is 26.2 Å². The van der Waals surface area contributed by atoms with E-state index < -0.39 is 47.7 Å². The van der Waals surface area contributed by atoms with Crippen LogP contribution >= 0.6 is 0 Å². The maximum Gasteiger partial charge on any atom is 0.410 e. The van der Waals surface area contributed by atoms with Crippen molar-refractivity contribution in [2.24, 2.45) is 11.8 Å². The summed E-state index contributed by atoms with van der Waals surface area (Å²) in [4.78, 5) is 30.1. The van der Waals surface area contributed by atoms with Crippen molar-refractivity contribution >= 4 is 12.1 Å². The molecule has 1 saturated carbocycles. The second-order valence-electron chi connectivity index (χ2n) is 14.8. The van der Waals surface area contributed by atoms with E-state index in [1.807, 2.05) is 27.7 Å². The van der Waals surface area contributed by atoms with Crippen LogP contribution in [0.5, 0.6) is 0 Å². The summed E-state index contributed by atoms with van der Waals surface area (Å²) in [5.41, 5.74) is -1.92. The average molecular weight is 663 g/mol. The molecule has 0 aromatic heterocycles. The molecule has 266 valence electrons. The normalized spacial score (nSPS) is 36.4. The summed E-state index contributed by atoms with van der Waals surface area (Å²) in [5.74, 6) is -0.933. The molecule has 47 heavy (non-hydrogen) atoms. The van der Waals surface area contributed by atoms with Gasteiger partial charge in [0.25, 0.3) is 0 Å². The lowest BCUT2D eigenvalue weighted by molar-refractivity contribution is -0.151. The van der Waals surface area contributed by atoms with Gasteiger partial charge in [0.1, 0.15) is 11.7 Å². The maximum atomic E-state index is 13.2. The first-order valence-electron chi connectivity index (χ1n) is 17.5. The molecule has 11 heteroatoms. The van der Waals surface area contributed by atoms with Gasteiger partial charge in [-0.15, -0.1) is 0 Å². The van der Waals surface area contributed by atoms with Gasteiger partial charge in [-0.25, -0.2) is 4.79 Å². The minimum absolute atomic E-state index is 0.00902. The number of esters is 1. The number of ether oxygens (including phenoxy) is 3. The molecule has 3 fully saturated rings. The van der Waals surface area contributed by atoms with Crippen molar-refractivity contribution in [3.8, 4) is 0 Å². The minimum Gasteiger partial charge on any atom is -0.457 e. The van der Waals surface area contributed by atoms with E-state index in [4.69, 9.17) is 14.2 Å². The summed E-state index contributed by atoms with van der Waals surface area (Å²) in [6.07, 6.45) is 8.26. The monoisotopic (exact) mass is 662 g/mol. The number of piperazine rings is 1. The van der Waals surface area contributed by atoms with Gasteiger partial charge in [0, 0.05) is 50.5 Å². The largest absolute Gasteiger partial charge is 0.457 e. The van der Waals surface area contributed by atoms with Crippen LogP contribution < -0.4 is 0 Å². The predicted octanol–water partition coefficient (Wildman–Crippen LogP) is 3.49. The van der Waals surface area contributed by atoms with Gasteiger partial charge in [0.05, 0.1) is 36.4 Å². The molecule has 0 aromatic rings. The number of hydrogen-bond donors (Lipinski definition) is 4. The molecule has 10 unspecified atom stereocenters. The Labute approximate surface area is 280 Å². The lowest BCUT2D eigenvalue weighted by atomic mass is 9.88. The lowest BCUT2D eigenvalue weighted by Gasteiger charge is -2.37. The number of rotatable bonds is 10. The summed E-state index contributed by atoms with van der Waals surface area (Å²) in [5, 5.41) is 43.2. The number of carbonyl (C=O) groups is 2. The third kappa shape index (κ3) is 10.9. The molecule has 4 N–H and O–H groups in total. The van der Waals surface area contributed by atoms with Crippen molar-refractivity contribution in [1.29, 1.82) is 0 Å². The number of amides is 1. The molecule has 3 aliphatic heterocycles. The maximum absolute atomic E-state index is 13.2. The van der Waals surface area contributed by atoms with Crippen LogP contribution in [0, 0.1) is 11.8 Å². The van der Waals surface area contributed by atoms with Gasteiger partial charge in [-0.05, 0) is 64.5 Å². The first-order valence-corrected chi connectivity index (χ1v) is 17.5. The van der Waals surface area contributed by atoms with E-state index in [1.165, 1.54) is 12.8 Å². The molecular weight excluding hydrogens is 604 g/mol. The number of aliphatic hydroxyl groups is 4. The van der Waals surface area contributed by atoms with E-state index in [0.29, 0.717) is 37.5 Å². The molecular formula is C36H58N2O9. The second kappa shape index (κ2) is 16.0. The van der Waals surface area contributed by atoms with E-state index in [9.17, 15) is 30.0 Å². The predicted molar refractivity (Wildman–Crippen MR) is 177 cm³/mol. The highest BCUT2D eigenvalue weighted by atomic mass is 16.6. The number of carbonyl (C=O) groups excluding carboxylic acids is 2. The Morgan fingerprint density at radius 3 is 2.53 bits per heavy atom. The first kappa shape index (κ1) is 37.5. The third-order valence-corrected chi connectivity index (χ3v) is 10.2. The van der Waals surface area contributed by atoms with Crippen molar-refractivity contribution in [3.63, 3.8) is 0 Å². The molecule has 3 heterocycles. The van der Waals surface area contributed by atoms with E-state index in [-0.39, 0.29) is 43.3 Å².